The fraction of sp³-hybridized carbons (Fsp3) is 0.944. The Morgan fingerprint density at radius 3 is 2.30 bits per heavy atom. The van der Waals surface area contributed by atoms with Gasteiger partial charge < -0.3 is 10.2 Å². The Hall–Kier alpha value is -0.320. The molecule has 1 saturated heterocycles. The zero-order valence-corrected chi connectivity index (χ0v) is 16.0. The molecule has 1 heterocycles. The molecule has 0 unspecified atom stereocenters. The molecule has 2 aliphatic rings. The van der Waals surface area contributed by atoms with Crippen LogP contribution in [-0.4, -0.2) is 61.5 Å². The fourth-order valence-corrected chi connectivity index (χ4v) is 3.83. The van der Waals surface area contributed by atoms with Crippen LogP contribution >= 0.6 is 12.4 Å². The number of likely N-dealkylation sites (tertiary alicyclic amines) is 1. The molecule has 136 valence electrons. The predicted molar refractivity (Wildman–Crippen MR) is 99.1 cm³/mol. The van der Waals surface area contributed by atoms with Gasteiger partial charge in [-0.3, -0.25) is 9.69 Å². The number of nitrogens with zero attached hydrogens (tertiary/aromatic N) is 2. The smallest absolute Gasteiger partial charge is 0.236 e. The number of likely N-dealkylation sites (N-methyl/N-ethyl adjacent to an activating group) is 1. The number of piperidine rings is 1. The second-order valence-electron chi connectivity index (χ2n) is 7.45. The minimum atomic E-state index is 0. The summed E-state index contributed by atoms with van der Waals surface area (Å²) in [6.45, 7) is 9.47. The highest BCUT2D eigenvalue weighted by Crippen LogP contribution is 2.26. The molecule has 23 heavy (non-hydrogen) atoms. The van der Waals surface area contributed by atoms with Crippen LogP contribution in [0.15, 0.2) is 0 Å². The van der Waals surface area contributed by atoms with Crippen molar-refractivity contribution in [3.05, 3.63) is 0 Å². The van der Waals surface area contributed by atoms with Gasteiger partial charge in [0.25, 0.3) is 0 Å². The summed E-state index contributed by atoms with van der Waals surface area (Å²) in [5.74, 6) is 1.96. The maximum Gasteiger partial charge on any atom is 0.236 e. The molecule has 2 rings (SSSR count). The minimum Gasteiger partial charge on any atom is -0.342 e. The average molecular weight is 346 g/mol. The molecule has 1 aliphatic heterocycles. The van der Waals surface area contributed by atoms with E-state index in [1.54, 1.807) is 0 Å². The Bertz CT molecular complexity index is 337. The largest absolute Gasteiger partial charge is 0.342 e. The average Bonchev–Trinajstić information content (AvgIpc) is 2.54. The van der Waals surface area contributed by atoms with E-state index in [4.69, 9.17) is 0 Å². The van der Waals surface area contributed by atoms with Crippen LogP contribution < -0.4 is 5.32 Å². The summed E-state index contributed by atoms with van der Waals surface area (Å²) >= 11 is 0. The van der Waals surface area contributed by atoms with Crippen molar-refractivity contribution >= 4 is 18.3 Å². The maximum absolute atomic E-state index is 12.5. The number of hydrogen-bond acceptors (Lipinski definition) is 3. The Balaban J connectivity index is 0.00000264. The van der Waals surface area contributed by atoms with E-state index in [1.807, 2.05) is 11.9 Å². The van der Waals surface area contributed by atoms with Gasteiger partial charge in [0, 0.05) is 13.1 Å². The number of carbonyl (C=O) groups is 1. The van der Waals surface area contributed by atoms with Crippen molar-refractivity contribution in [3.8, 4) is 0 Å². The summed E-state index contributed by atoms with van der Waals surface area (Å²) in [4.78, 5) is 16.9. The quantitative estimate of drug-likeness (QED) is 0.804. The highest BCUT2D eigenvalue weighted by atomic mass is 35.5. The summed E-state index contributed by atoms with van der Waals surface area (Å²) in [6.07, 6.45) is 7.38. The fourth-order valence-electron chi connectivity index (χ4n) is 3.83. The molecular formula is C18H36ClN3O. The van der Waals surface area contributed by atoms with Crippen LogP contribution in [0.3, 0.4) is 0 Å². The van der Waals surface area contributed by atoms with Gasteiger partial charge in [0.05, 0.1) is 6.54 Å². The first-order valence-corrected chi connectivity index (χ1v) is 9.28. The molecule has 1 aliphatic carbocycles. The summed E-state index contributed by atoms with van der Waals surface area (Å²) in [6, 6.07) is 0.481. The molecule has 0 radical (unpaired) electrons. The first-order chi connectivity index (χ1) is 10.6. The number of hydrogen-bond donors (Lipinski definition) is 1. The van der Waals surface area contributed by atoms with Crippen LogP contribution in [0, 0.1) is 11.8 Å². The molecule has 0 aromatic carbocycles. The molecule has 4 nitrogen and oxygen atoms in total. The first kappa shape index (κ1) is 20.7. The number of amides is 1. The SMILES string of the molecule is CCNCC1CCN(CC(=O)N(C)C2CCC(C)CC2)CC1.Cl. The van der Waals surface area contributed by atoms with Crippen molar-refractivity contribution in [1.82, 2.24) is 15.1 Å². The van der Waals surface area contributed by atoms with E-state index in [-0.39, 0.29) is 12.4 Å². The lowest BCUT2D eigenvalue weighted by Gasteiger charge is -2.36. The Morgan fingerprint density at radius 1 is 1.13 bits per heavy atom. The number of rotatable bonds is 6. The van der Waals surface area contributed by atoms with Gasteiger partial charge in [0.1, 0.15) is 0 Å². The maximum atomic E-state index is 12.5. The summed E-state index contributed by atoms with van der Waals surface area (Å²) in [5, 5.41) is 3.44. The first-order valence-electron chi connectivity index (χ1n) is 9.28. The van der Waals surface area contributed by atoms with Gasteiger partial charge in [-0.15, -0.1) is 12.4 Å². The Morgan fingerprint density at radius 2 is 1.74 bits per heavy atom. The van der Waals surface area contributed by atoms with Gasteiger partial charge in [0.2, 0.25) is 5.91 Å². The van der Waals surface area contributed by atoms with E-state index in [1.165, 1.54) is 38.5 Å². The lowest BCUT2D eigenvalue weighted by molar-refractivity contribution is -0.134. The molecule has 1 amide bonds. The van der Waals surface area contributed by atoms with E-state index < -0.39 is 0 Å². The molecule has 1 saturated carbocycles. The van der Waals surface area contributed by atoms with Crippen LogP contribution in [0.2, 0.25) is 0 Å². The Labute approximate surface area is 148 Å². The van der Waals surface area contributed by atoms with E-state index in [9.17, 15) is 4.79 Å². The van der Waals surface area contributed by atoms with Gasteiger partial charge in [-0.05, 0) is 76.5 Å². The molecule has 5 heteroatoms. The van der Waals surface area contributed by atoms with Crippen molar-refractivity contribution < 1.29 is 4.79 Å². The minimum absolute atomic E-state index is 0. The third-order valence-corrected chi connectivity index (χ3v) is 5.68. The van der Waals surface area contributed by atoms with Gasteiger partial charge in [-0.1, -0.05) is 13.8 Å². The van der Waals surface area contributed by atoms with Crippen molar-refractivity contribution in [3.63, 3.8) is 0 Å². The second-order valence-corrected chi connectivity index (χ2v) is 7.45. The lowest BCUT2D eigenvalue weighted by Crippen LogP contribution is -2.47. The molecule has 0 atom stereocenters. The molecule has 0 spiro atoms. The van der Waals surface area contributed by atoms with Crippen LogP contribution in [0.5, 0.6) is 0 Å². The highest BCUT2D eigenvalue weighted by molar-refractivity contribution is 5.85. The van der Waals surface area contributed by atoms with E-state index in [2.05, 4.69) is 24.1 Å². The Kier molecular flexibility index (Phi) is 9.48. The molecule has 0 bridgehead atoms. The van der Waals surface area contributed by atoms with E-state index in [0.717, 1.165) is 38.0 Å². The van der Waals surface area contributed by atoms with Crippen molar-refractivity contribution in [2.75, 3.05) is 39.8 Å². The predicted octanol–water partition coefficient (Wildman–Crippen LogP) is 2.77. The lowest BCUT2D eigenvalue weighted by atomic mass is 9.87. The van der Waals surface area contributed by atoms with Crippen molar-refractivity contribution in [1.29, 1.82) is 0 Å². The molecular weight excluding hydrogens is 310 g/mol. The van der Waals surface area contributed by atoms with Gasteiger partial charge in [0.15, 0.2) is 0 Å². The molecule has 2 fully saturated rings. The van der Waals surface area contributed by atoms with E-state index in [0.29, 0.717) is 18.5 Å². The van der Waals surface area contributed by atoms with E-state index >= 15 is 0 Å². The van der Waals surface area contributed by atoms with Gasteiger partial charge >= 0.3 is 0 Å². The monoisotopic (exact) mass is 345 g/mol. The van der Waals surface area contributed by atoms with Crippen LogP contribution in [0.4, 0.5) is 0 Å². The van der Waals surface area contributed by atoms with Gasteiger partial charge in [-0.2, -0.15) is 0 Å². The topological polar surface area (TPSA) is 35.6 Å². The zero-order chi connectivity index (χ0) is 15.9. The summed E-state index contributed by atoms with van der Waals surface area (Å²) in [5.41, 5.74) is 0. The summed E-state index contributed by atoms with van der Waals surface area (Å²) in [7, 11) is 2.01. The molecule has 1 N–H and O–H groups in total. The standard InChI is InChI=1S/C18H35N3O.ClH/c1-4-19-13-16-9-11-21(12-10-16)14-18(22)20(3)17-7-5-15(2)6-8-17;/h15-17,19H,4-14H2,1-3H3;1H. The molecule has 0 aromatic heterocycles. The number of carbonyl (C=O) groups excluding carboxylic acids is 1. The number of nitrogens with one attached hydrogen (secondary N) is 1. The third kappa shape index (κ3) is 6.60. The van der Waals surface area contributed by atoms with Crippen LogP contribution in [0.1, 0.15) is 52.4 Å². The third-order valence-electron chi connectivity index (χ3n) is 5.68. The van der Waals surface area contributed by atoms with Crippen molar-refractivity contribution in [2.24, 2.45) is 11.8 Å². The van der Waals surface area contributed by atoms with Crippen molar-refractivity contribution in [2.45, 2.75) is 58.4 Å². The number of halogens is 1. The van der Waals surface area contributed by atoms with Crippen LogP contribution in [-0.2, 0) is 4.79 Å². The summed E-state index contributed by atoms with van der Waals surface area (Å²) < 4.78 is 0. The normalized spacial score (nSPS) is 26.6. The molecule has 0 aromatic rings. The highest BCUT2D eigenvalue weighted by Gasteiger charge is 2.27. The van der Waals surface area contributed by atoms with Gasteiger partial charge in [-0.25, -0.2) is 0 Å². The second kappa shape index (κ2) is 10.5. The van der Waals surface area contributed by atoms with Crippen LogP contribution in [0.25, 0.3) is 0 Å². The zero-order valence-electron chi connectivity index (χ0n) is 15.2.